The Hall–Kier alpha value is -3.15. The van der Waals surface area contributed by atoms with E-state index in [0.29, 0.717) is 23.7 Å². The van der Waals surface area contributed by atoms with Crippen LogP contribution in [-0.4, -0.2) is 47.7 Å². The fourth-order valence-corrected chi connectivity index (χ4v) is 5.04. The maximum absolute atomic E-state index is 12.9. The molecule has 3 heterocycles. The number of amides is 1. The van der Waals surface area contributed by atoms with Gasteiger partial charge < -0.3 is 10.1 Å². The van der Waals surface area contributed by atoms with Crippen LogP contribution in [0.15, 0.2) is 36.5 Å². The lowest BCUT2D eigenvalue weighted by Gasteiger charge is -2.22. The Bertz CT molecular complexity index is 1270. The first-order valence-corrected chi connectivity index (χ1v) is 11.5. The number of halogens is 3. The standard InChI is InChI=1S/C20H19F3N4O4S/c1-31-17-10-15-12(11-27(26-15)13-5-7-32(29,30)8-6-13)9-16(17)25-19(28)14-3-2-4-18(24-14)20(21,22)23/h2-4,9-11,13H,5-8H2,1H3,(H,25,28). The quantitative estimate of drug-likeness (QED) is 0.629. The number of pyridine rings is 1. The Morgan fingerprint density at radius 1 is 1.22 bits per heavy atom. The molecule has 0 bridgehead atoms. The number of nitrogens with one attached hydrogen (secondary N) is 1. The maximum atomic E-state index is 12.9. The third-order valence-corrected chi connectivity index (χ3v) is 6.98. The summed E-state index contributed by atoms with van der Waals surface area (Å²) in [6.45, 7) is 0. The second-order valence-electron chi connectivity index (χ2n) is 7.46. The van der Waals surface area contributed by atoms with E-state index in [1.165, 1.54) is 13.2 Å². The number of fused-ring (bicyclic) bond motifs is 1. The number of carbonyl (C=O) groups excluding carboxylic acids is 1. The van der Waals surface area contributed by atoms with E-state index < -0.39 is 27.6 Å². The molecule has 1 saturated heterocycles. The van der Waals surface area contributed by atoms with Crippen molar-refractivity contribution in [2.24, 2.45) is 0 Å². The minimum atomic E-state index is -4.67. The summed E-state index contributed by atoms with van der Waals surface area (Å²) < 4.78 is 69.0. The van der Waals surface area contributed by atoms with E-state index in [2.05, 4.69) is 15.4 Å². The summed E-state index contributed by atoms with van der Waals surface area (Å²) in [6, 6.07) is 6.21. The van der Waals surface area contributed by atoms with Crippen LogP contribution in [0.3, 0.4) is 0 Å². The van der Waals surface area contributed by atoms with Gasteiger partial charge in [-0.3, -0.25) is 9.48 Å². The summed E-state index contributed by atoms with van der Waals surface area (Å²) in [5.41, 5.74) is -0.732. The lowest BCUT2D eigenvalue weighted by molar-refractivity contribution is -0.141. The molecular weight excluding hydrogens is 449 g/mol. The molecule has 0 aliphatic carbocycles. The summed E-state index contributed by atoms with van der Waals surface area (Å²) in [5, 5.41) is 7.70. The first kappa shape index (κ1) is 22.1. The molecule has 0 spiro atoms. The molecule has 1 aromatic carbocycles. The highest BCUT2D eigenvalue weighted by Gasteiger charge is 2.33. The molecule has 8 nitrogen and oxygen atoms in total. The van der Waals surface area contributed by atoms with Gasteiger partial charge in [-0.05, 0) is 31.0 Å². The highest BCUT2D eigenvalue weighted by Crippen LogP contribution is 2.33. The van der Waals surface area contributed by atoms with Crippen molar-refractivity contribution in [3.63, 3.8) is 0 Å². The second kappa shape index (κ2) is 8.08. The molecule has 170 valence electrons. The van der Waals surface area contributed by atoms with Gasteiger partial charge in [0.2, 0.25) is 0 Å². The van der Waals surface area contributed by atoms with Crippen LogP contribution in [0.5, 0.6) is 5.75 Å². The Balaban J connectivity index is 1.61. The Labute approximate surface area is 181 Å². The fourth-order valence-electron chi connectivity index (χ4n) is 3.57. The van der Waals surface area contributed by atoms with Crippen molar-refractivity contribution in [2.75, 3.05) is 23.9 Å². The predicted octanol–water partition coefficient (Wildman–Crippen LogP) is 3.46. The third-order valence-electron chi connectivity index (χ3n) is 5.26. The van der Waals surface area contributed by atoms with E-state index in [9.17, 15) is 26.4 Å². The molecule has 1 fully saturated rings. The predicted molar refractivity (Wildman–Crippen MR) is 110 cm³/mol. The highest BCUT2D eigenvalue weighted by atomic mass is 32.2. The largest absolute Gasteiger partial charge is 0.494 e. The van der Waals surface area contributed by atoms with Gasteiger partial charge in [0, 0.05) is 17.6 Å². The molecule has 0 unspecified atom stereocenters. The number of ether oxygens (including phenoxy) is 1. The van der Waals surface area contributed by atoms with Crippen LogP contribution in [0.2, 0.25) is 0 Å². The summed E-state index contributed by atoms with van der Waals surface area (Å²) in [6.07, 6.45) is -2.01. The van der Waals surface area contributed by atoms with Gasteiger partial charge in [-0.2, -0.15) is 18.3 Å². The van der Waals surface area contributed by atoms with Crippen molar-refractivity contribution >= 4 is 32.3 Å². The van der Waals surface area contributed by atoms with Crippen molar-refractivity contribution in [1.29, 1.82) is 0 Å². The zero-order chi connectivity index (χ0) is 23.1. The third kappa shape index (κ3) is 4.54. The molecule has 0 radical (unpaired) electrons. The Morgan fingerprint density at radius 3 is 2.59 bits per heavy atom. The lowest BCUT2D eigenvalue weighted by Crippen LogP contribution is -2.25. The average Bonchev–Trinajstić information content (AvgIpc) is 3.15. The monoisotopic (exact) mass is 468 g/mol. The van der Waals surface area contributed by atoms with Crippen molar-refractivity contribution in [3.8, 4) is 5.75 Å². The van der Waals surface area contributed by atoms with E-state index in [-0.39, 0.29) is 34.7 Å². The second-order valence-corrected chi connectivity index (χ2v) is 9.77. The van der Waals surface area contributed by atoms with E-state index in [1.54, 1.807) is 23.0 Å². The van der Waals surface area contributed by atoms with Crippen molar-refractivity contribution in [1.82, 2.24) is 14.8 Å². The molecule has 2 aromatic heterocycles. The first-order chi connectivity index (χ1) is 15.1. The molecule has 3 aromatic rings. The molecule has 1 aliphatic heterocycles. The Morgan fingerprint density at radius 2 is 1.94 bits per heavy atom. The minimum absolute atomic E-state index is 0.0655. The summed E-state index contributed by atoms with van der Waals surface area (Å²) in [5.74, 6) is -0.349. The van der Waals surface area contributed by atoms with E-state index in [1.807, 2.05) is 0 Å². The van der Waals surface area contributed by atoms with Crippen LogP contribution in [0.1, 0.15) is 35.1 Å². The zero-order valence-electron chi connectivity index (χ0n) is 16.9. The van der Waals surface area contributed by atoms with Crippen LogP contribution in [0, 0.1) is 0 Å². The number of sulfone groups is 1. The number of anilines is 1. The van der Waals surface area contributed by atoms with Crippen LogP contribution >= 0.6 is 0 Å². The van der Waals surface area contributed by atoms with Crippen molar-refractivity contribution < 1.29 is 31.1 Å². The van der Waals surface area contributed by atoms with Gasteiger partial charge in [0.15, 0.2) is 0 Å². The highest BCUT2D eigenvalue weighted by molar-refractivity contribution is 7.91. The molecule has 0 saturated carbocycles. The van der Waals surface area contributed by atoms with Gasteiger partial charge in [0.1, 0.15) is 27.0 Å². The molecule has 4 rings (SSSR count). The van der Waals surface area contributed by atoms with E-state index in [0.717, 1.165) is 12.1 Å². The van der Waals surface area contributed by atoms with Crippen LogP contribution in [0.25, 0.3) is 10.9 Å². The summed E-state index contributed by atoms with van der Waals surface area (Å²) in [7, 11) is -1.62. The van der Waals surface area contributed by atoms with Gasteiger partial charge in [0.25, 0.3) is 5.91 Å². The van der Waals surface area contributed by atoms with Crippen molar-refractivity contribution in [3.05, 3.63) is 47.9 Å². The number of rotatable bonds is 4. The van der Waals surface area contributed by atoms with Gasteiger partial charge in [-0.25, -0.2) is 13.4 Å². The van der Waals surface area contributed by atoms with Crippen LogP contribution in [-0.2, 0) is 16.0 Å². The lowest BCUT2D eigenvalue weighted by atomic mass is 10.1. The van der Waals surface area contributed by atoms with Gasteiger partial charge >= 0.3 is 6.18 Å². The number of alkyl halides is 3. The molecule has 0 atom stereocenters. The minimum Gasteiger partial charge on any atom is -0.494 e. The first-order valence-electron chi connectivity index (χ1n) is 9.69. The van der Waals surface area contributed by atoms with Gasteiger partial charge in [-0.1, -0.05) is 6.07 Å². The molecule has 1 amide bonds. The molecule has 1 N–H and O–H groups in total. The smallest absolute Gasteiger partial charge is 0.433 e. The number of carbonyl (C=O) groups is 1. The zero-order valence-corrected chi connectivity index (χ0v) is 17.7. The normalized spacial score (nSPS) is 16.8. The maximum Gasteiger partial charge on any atom is 0.433 e. The topological polar surface area (TPSA) is 103 Å². The summed E-state index contributed by atoms with van der Waals surface area (Å²) >= 11 is 0. The van der Waals surface area contributed by atoms with Crippen LogP contribution < -0.4 is 10.1 Å². The van der Waals surface area contributed by atoms with E-state index >= 15 is 0 Å². The number of hydrogen-bond acceptors (Lipinski definition) is 6. The van der Waals surface area contributed by atoms with E-state index in [4.69, 9.17) is 4.74 Å². The van der Waals surface area contributed by atoms with Gasteiger partial charge in [-0.15, -0.1) is 0 Å². The van der Waals surface area contributed by atoms with Crippen molar-refractivity contribution in [2.45, 2.75) is 25.1 Å². The van der Waals surface area contributed by atoms with Gasteiger partial charge in [0.05, 0.1) is 35.9 Å². The molecular formula is C20H19F3N4O4S. The van der Waals surface area contributed by atoms with Crippen LogP contribution in [0.4, 0.5) is 18.9 Å². The Kier molecular flexibility index (Phi) is 5.57. The average molecular weight is 468 g/mol. The molecule has 12 heteroatoms. The number of benzene rings is 1. The SMILES string of the molecule is COc1cc2nn(C3CCS(=O)(=O)CC3)cc2cc1NC(=O)c1cccc(C(F)(F)F)n1. The fraction of sp³-hybridized carbons (Fsp3) is 0.350. The summed E-state index contributed by atoms with van der Waals surface area (Å²) in [4.78, 5) is 15.9. The molecule has 1 aliphatic rings. The number of nitrogens with zero attached hydrogens (tertiary/aromatic N) is 3. The molecule has 32 heavy (non-hydrogen) atoms. The number of aromatic nitrogens is 3. The number of methoxy groups -OCH3 is 1. The number of hydrogen-bond donors (Lipinski definition) is 1.